The predicted octanol–water partition coefficient (Wildman–Crippen LogP) is 4.99. The van der Waals surface area contributed by atoms with Gasteiger partial charge >= 0.3 is 12.2 Å². The van der Waals surface area contributed by atoms with Crippen LogP contribution in [0.25, 0.3) is 11.1 Å². The lowest BCUT2D eigenvalue weighted by atomic mass is 9.93. The minimum Gasteiger partial charge on any atom is -0.359 e. The summed E-state index contributed by atoms with van der Waals surface area (Å²) >= 11 is 0. The number of anilines is 2. The molecular formula is C29H25F4N5O3. The maximum Gasteiger partial charge on any atom is 0.416 e. The van der Waals surface area contributed by atoms with E-state index in [0.29, 0.717) is 41.8 Å². The van der Waals surface area contributed by atoms with Crippen LogP contribution in [0.2, 0.25) is 0 Å². The number of likely N-dealkylation sites (N-methyl/N-ethyl adjacent to an activating group) is 1. The van der Waals surface area contributed by atoms with Crippen LogP contribution in [0.15, 0.2) is 60.7 Å². The number of benzene rings is 3. The summed E-state index contributed by atoms with van der Waals surface area (Å²) in [7, 11) is 1.48. The number of nitrogens with zero attached hydrogens (tertiary/aromatic N) is 2. The van der Waals surface area contributed by atoms with Crippen LogP contribution in [0.1, 0.15) is 29.5 Å². The van der Waals surface area contributed by atoms with Gasteiger partial charge in [0, 0.05) is 25.0 Å². The molecule has 41 heavy (non-hydrogen) atoms. The number of nitrogens with one attached hydrogen (secondary N) is 3. The van der Waals surface area contributed by atoms with Crippen molar-refractivity contribution < 1.29 is 31.9 Å². The van der Waals surface area contributed by atoms with E-state index in [0.717, 1.165) is 24.3 Å². The average molecular weight is 568 g/mol. The summed E-state index contributed by atoms with van der Waals surface area (Å²) in [6.45, 7) is 0.323. The summed E-state index contributed by atoms with van der Waals surface area (Å²) in [6, 6.07) is 12.9. The maximum atomic E-state index is 14.1. The molecule has 0 bridgehead atoms. The Labute approximate surface area is 233 Å². The van der Waals surface area contributed by atoms with Crippen molar-refractivity contribution in [2.45, 2.75) is 31.5 Å². The van der Waals surface area contributed by atoms with Gasteiger partial charge in [-0.1, -0.05) is 12.1 Å². The molecule has 212 valence electrons. The molecule has 0 saturated carbocycles. The molecule has 4 amide bonds. The number of piperidine rings is 1. The van der Waals surface area contributed by atoms with Crippen molar-refractivity contribution in [3.63, 3.8) is 0 Å². The van der Waals surface area contributed by atoms with E-state index in [2.05, 4.69) is 22.0 Å². The Kier molecular flexibility index (Phi) is 8.56. The second-order valence-corrected chi connectivity index (χ2v) is 9.35. The molecular weight excluding hydrogens is 542 g/mol. The van der Waals surface area contributed by atoms with Gasteiger partial charge < -0.3 is 20.9 Å². The highest BCUT2D eigenvalue weighted by molar-refractivity contribution is 6.01. The van der Waals surface area contributed by atoms with Crippen molar-refractivity contribution in [2.75, 3.05) is 23.8 Å². The quantitative estimate of drug-likeness (QED) is 0.364. The summed E-state index contributed by atoms with van der Waals surface area (Å²) < 4.78 is 52.4. The Morgan fingerprint density at radius 3 is 2.44 bits per heavy atom. The lowest BCUT2D eigenvalue weighted by Gasteiger charge is -2.33. The van der Waals surface area contributed by atoms with E-state index in [1.807, 2.05) is 0 Å². The summed E-state index contributed by atoms with van der Waals surface area (Å²) in [6.07, 6.45) is -3.66. The minimum atomic E-state index is -4.51. The molecule has 1 aliphatic heterocycles. The highest BCUT2D eigenvalue weighted by Crippen LogP contribution is 2.33. The topological polar surface area (TPSA) is 114 Å². The average Bonchev–Trinajstić information content (AvgIpc) is 2.94. The fourth-order valence-electron chi connectivity index (χ4n) is 4.58. The Bertz CT molecular complexity index is 1520. The molecule has 4 rings (SSSR count). The van der Waals surface area contributed by atoms with E-state index >= 15 is 0 Å². The highest BCUT2D eigenvalue weighted by Gasteiger charge is 2.32. The van der Waals surface area contributed by atoms with Gasteiger partial charge in [-0.05, 0) is 78.1 Å². The van der Waals surface area contributed by atoms with Gasteiger partial charge in [-0.25, -0.2) is 9.18 Å². The van der Waals surface area contributed by atoms with Gasteiger partial charge in [-0.15, -0.1) is 0 Å². The van der Waals surface area contributed by atoms with Gasteiger partial charge in [0.05, 0.1) is 23.6 Å². The second kappa shape index (κ2) is 12.1. The fraction of sp³-hybridized carbons (Fsp3) is 0.241. The van der Waals surface area contributed by atoms with Crippen LogP contribution in [-0.4, -0.2) is 37.5 Å². The molecule has 8 nitrogen and oxygen atoms in total. The van der Waals surface area contributed by atoms with Crippen molar-refractivity contribution in [3.8, 4) is 17.2 Å². The SMILES string of the molecule is CNC(=O)Cc1ccc(F)cc1-c1ccc(N2CCCC(NC(=O)Nc3ccc(C(F)(F)F)cc3)C2=O)cc1C#N. The summed E-state index contributed by atoms with van der Waals surface area (Å²) in [5.74, 6) is -1.25. The number of halogens is 4. The zero-order chi connectivity index (χ0) is 29.7. The number of carbonyl (C=O) groups is 3. The molecule has 0 spiro atoms. The monoisotopic (exact) mass is 567 g/mol. The number of hydrogen-bond donors (Lipinski definition) is 3. The zero-order valence-electron chi connectivity index (χ0n) is 21.8. The number of hydrogen-bond acceptors (Lipinski definition) is 4. The molecule has 1 aliphatic rings. The second-order valence-electron chi connectivity index (χ2n) is 9.35. The number of nitriles is 1. The Morgan fingerprint density at radius 1 is 1.05 bits per heavy atom. The molecule has 1 unspecified atom stereocenters. The van der Waals surface area contributed by atoms with Crippen LogP contribution < -0.4 is 20.9 Å². The Morgan fingerprint density at radius 2 is 1.78 bits per heavy atom. The largest absolute Gasteiger partial charge is 0.416 e. The Balaban J connectivity index is 1.51. The molecule has 0 aromatic heterocycles. The van der Waals surface area contributed by atoms with E-state index in [-0.39, 0.29) is 23.6 Å². The van der Waals surface area contributed by atoms with E-state index in [1.54, 1.807) is 12.1 Å². The normalized spacial score (nSPS) is 15.2. The smallest absolute Gasteiger partial charge is 0.359 e. The van der Waals surface area contributed by atoms with Crippen molar-refractivity contribution in [1.82, 2.24) is 10.6 Å². The molecule has 1 atom stereocenters. The van der Waals surface area contributed by atoms with Crippen LogP contribution >= 0.6 is 0 Å². The minimum absolute atomic E-state index is 0.0226. The summed E-state index contributed by atoms with van der Waals surface area (Å²) in [4.78, 5) is 39.1. The van der Waals surface area contributed by atoms with Crippen LogP contribution in [0, 0.1) is 17.1 Å². The van der Waals surface area contributed by atoms with Crippen molar-refractivity contribution in [1.29, 1.82) is 5.26 Å². The third-order valence-electron chi connectivity index (χ3n) is 6.64. The third kappa shape index (κ3) is 6.81. The van der Waals surface area contributed by atoms with Crippen molar-refractivity contribution >= 4 is 29.2 Å². The van der Waals surface area contributed by atoms with E-state index < -0.39 is 35.5 Å². The zero-order valence-corrected chi connectivity index (χ0v) is 21.8. The van der Waals surface area contributed by atoms with Crippen LogP contribution in [0.5, 0.6) is 0 Å². The van der Waals surface area contributed by atoms with Crippen LogP contribution in [-0.2, 0) is 22.2 Å². The van der Waals surface area contributed by atoms with Crippen molar-refractivity contribution in [2.24, 2.45) is 0 Å². The van der Waals surface area contributed by atoms with E-state index in [9.17, 15) is 37.2 Å². The Hall–Kier alpha value is -4.92. The summed E-state index contributed by atoms with van der Waals surface area (Å²) in [5, 5.41) is 17.4. The lowest BCUT2D eigenvalue weighted by Crippen LogP contribution is -2.53. The number of urea groups is 1. The maximum absolute atomic E-state index is 14.1. The van der Waals surface area contributed by atoms with Gasteiger partial charge in [0.2, 0.25) is 11.8 Å². The number of alkyl halides is 3. The molecule has 1 saturated heterocycles. The first-order valence-corrected chi connectivity index (χ1v) is 12.6. The van der Waals surface area contributed by atoms with Crippen LogP contribution in [0.4, 0.5) is 33.7 Å². The first-order chi connectivity index (χ1) is 19.5. The first-order valence-electron chi connectivity index (χ1n) is 12.6. The number of carbonyl (C=O) groups excluding carboxylic acids is 3. The highest BCUT2D eigenvalue weighted by atomic mass is 19.4. The molecule has 3 aromatic rings. The predicted molar refractivity (Wildman–Crippen MR) is 143 cm³/mol. The first kappa shape index (κ1) is 29.1. The summed E-state index contributed by atoms with van der Waals surface area (Å²) in [5.41, 5.74) is 1.11. The van der Waals surface area contributed by atoms with Crippen molar-refractivity contribution in [3.05, 3.63) is 83.2 Å². The molecule has 1 heterocycles. The molecule has 3 aromatic carbocycles. The van der Waals surface area contributed by atoms with Crippen LogP contribution in [0.3, 0.4) is 0 Å². The number of rotatable bonds is 6. The van der Waals surface area contributed by atoms with Gasteiger partial charge in [-0.3, -0.25) is 9.59 Å². The lowest BCUT2D eigenvalue weighted by molar-refractivity contribution is -0.137. The van der Waals surface area contributed by atoms with Gasteiger partial charge in [0.15, 0.2) is 0 Å². The van der Waals surface area contributed by atoms with Gasteiger partial charge in [0.25, 0.3) is 0 Å². The fourth-order valence-corrected chi connectivity index (χ4v) is 4.58. The third-order valence-corrected chi connectivity index (χ3v) is 6.64. The van der Waals surface area contributed by atoms with E-state index in [1.165, 1.54) is 36.2 Å². The van der Waals surface area contributed by atoms with Gasteiger partial charge in [0.1, 0.15) is 11.9 Å². The molecule has 12 heteroatoms. The van der Waals surface area contributed by atoms with Gasteiger partial charge in [-0.2, -0.15) is 18.4 Å². The van der Waals surface area contributed by atoms with E-state index in [4.69, 9.17) is 0 Å². The molecule has 0 aliphatic carbocycles. The molecule has 1 fully saturated rings. The standard InChI is InChI=1S/C29H25F4N5O3/c1-35-26(39)14-17-4-7-20(30)15-24(17)23-11-10-22(13-18(23)16-34)38-12-2-3-25(27(38)40)37-28(41)36-21-8-5-19(6-9-21)29(31,32)33/h4-11,13,15,25H,2-3,12,14H2,1H3,(H,35,39)(H2,36,37,41). The number of amides is 4. The molecule has 0 radical (unpaired) electrons. The molecule has 3 N–H and O–H groups in total.